The highest BCUT2D eigenvalue weighted by Crippen LogP contribution is 2.37. The maximum Gasteiger partial charge on any atom is 0.270 e. The summed E-state index contributed by atoms with van der Waals surface area (Å²) in [6.45, 7) is 0.193. The number of fused-ring (bicyclic) bond motifs is 2. The second-order valence-electron chi connectivity index (χ2n) is 9.63. The molecule has 0 unspecified atom stereocenters. The zero-order chi connectivity index (χ0) is 30.0. The molecule has 0 aliphatic rings. The highest BCUT2D eigenvalue weighted by molar-refractivity contribution is 7.92. The molecular weight excluding hydrogens is 566 g/mol. The van der Waals surface area contributed by atoms with Gasteiger partial charge in [0.05, 0.1) is 27.4 Å². The van der Waals surface area contributed by atoms with E-state index in [1.807, 2.05) is 36.4 Å². The smallest absolute Gasteiger partial charge is 0.270 e. The molecule has 0 radical (unpaired) electrons. The van der Waals surface area contributed by atoms with Crippen LogP contribution < -0.4 is 5.32 Å². The van der Waals surface area contributed by atoms with E-state index in [-0.39, 0.29) is 39.0 Å². The van der Waals surface area contributed by atoms with Crippen LogP contribution in [0.5, 0.6) is 0 Å². The molecule has 0 fully saturated rings. The number of anilines is 1. The Balaban J connectivity index is 1.56. The number of amides is 1. The average Bonchev–Trinajstić information content (AvgIpc) is 3.31. The number of nitrogens with zero attached hydrogens (tertiary/aromatic N) is 4. The first-order valence-corrected chi connectivity index (χ1v) is 14.7. The molecule has 0 saturated heterocycles. The molecule has 0 bridgehead atoms. The third-order valence-corrected chi connectivity index (χ3v) is 8.58. The highest BCUT2D eigenvalue weighted by Gasteiger charge is 2.32. The predicted octanol–water partition coefficient (Wildman–Crippen LogP) is 6.03. The van der Waals surface area contributed by atoms with Gasteiger partial charge in [-0.3, -0.25) is 14.9 Å². The number of non-ortho nitro benzene ring substituents is 1. The molecule has 0 atom stereocenters. The number of aromatic nitrogens is 3. The molecule has 0 saturated carbocycles. The number of carbonyl (C=O) groups is 1. The Morgan fingerprint density at radius 2 is 1.51 bits per heavy atom. The van der Waals surface area contributed by atoms with E-state index < -0.39 is 20.7 Å². The summed E-state index contributed by atoms with van der Waals surface area (Å²) in [5.41, 5.74) is 2.63. The van der Waals surface area contributed by atoms with E-state index in [0.29, 0.717) is 16.6 Å². The Morgan fingerprint density at radius 3 is 2.21 bits per heavy atom. The summed E-state index contributed by atoms with van der Waals surface area (Å²) >= 11 is 0. The van der Waals surface area contributed by atoms with Crippen LogP contribution in [0.3, 0.4) is 0 Å². The van der Waals surface area contributed by atoms with Crippen molar-refractivity contribution in [1.29, 1.82) is 0 Å². The molecule has 1 N–H and O–H groups in total. The Morgan fingerprint density at radius 1 is 0.860 bits per heavy atom. The predicted molar refractivity (Wildman–Crippen MR) is 163 cm³/mol. The Hall–Kier alpha value is -5.68. The third kappa shape index (κ3) is 5.48. The zero-order valence-electron chi connectivity index (χ0n) is 22.5. The first-order chi connectivity index (χ1) is 20.8. The number of carbonyl (C=O) groups excluding carboxylic acids is 1. The molecule has 0 spiro atoms. The van der Waals surface area contributed by atoms with Crippen molar-refractivity contribution in [3.05, 3.63) is 137 Å². The zero-order valence-corrected chi connectivity index (χ0v) is 23.3. The summed E-state index contributed by atoms with van der Waals surface area (Å²) < 4.78 is 30.1. The first kappa shape index (κ1) is 27.5. The fraction of sp³-hybridized carbons (Fsp3) is 0.0312. The van der Waals surface area contributed by atoms with Crippen LogP contribution in [0.1, 0.15) is 11.1 Å². The van der Waals surface area contributed by atoms with Gasteiger partial charge in [-0.2, -0.15) is 0 Å². The van der Waals surface area contributed by atoms with E-state index in [1.54, 1.807) is 47.0 Å². The number of hydrogen-bond acceptors (Lipinski definition) is 7. The van der Waals surface area contributed by atoms with E-state index in [1.165, 1.54) is 42.5 Å². The summed E-state index contributed by atoms with van der Waals surface area (Å²) in [6, 6.07) is 30.3. The Kier molecular flexibility index (Phi) is 7.22. The number of sulfone groups is 1. The first-order valence-electron chi connectivity index (χ1n) is 13.2. The quantitative estimate of drug-likeness (QED) is 0.130. The lowest BCUT2D eigenvalue weighted by Crippen LogP contribution is -2.16. The Labute approximate surface area is 246 Å². The monoisotopic (exact) mass is 589 g/mol. The van der Waals surface area contributed by atoms with Gasteiger partial charge in [0.15, 0.2) is 5.65 Å². The Bertz CT molecular complexity index is 2140. The van der Waals surface area contributed by atoms with Gasteiger partial charge in [-0.25, -0.2) is 18.4 Å². The van der Waals surface area contributed by atoms with E-state index in [0.717, 1.165) is 5.56 Å². The number of nitrogens with one attached hydrogen (secondary N) is 1. The molecule has 0 aliphatic heterocycles. The minimum absolute atomic E-state index is 0.00621. The molecule has 212 valence electrons. The van der Waals surface area contributed by atoms with Crippen molar-refractivity contribution >= 4 is 55.5 Å². The molecular formula is C32H23N5O5S. The molecule has 2 heterocycles. The van der Waals surface area contributed by atoms with Gasteiger partial charge in [-0.15, -0.1) is 0 Å². The van der Waals surface area contributed by atoms with Crippen LogP contribution in [0.15, 0.2) is 125 Å². The van der Waals surface area contributed by atoms with Gasteiger partial charge in [0.1, 0.15) is 16.2 Å². The van der Waals surface area contributed by atoms with Crippen molar-refractivity contribution in [3.8, 4) is 0 Å². The fourth-order valence-corrected chi connectivity index (χ4v) is 6.32. The van der Waals surface area contributed by atoms with Gasteiger partial charge >= 0.3 is 0 Å². The lowest BCUT2D eigenvalue weighted by atomic mass is 10.2. The van der Waals surface area contributed by atoms with Crippen LogP contribution in [-0.2, 0) is 21.2 Å². The molecule has 2 aromatic heterocycles. The molecule has 4 aromatic carbocycles. The van der Waals surface area contributed by atoms with Crippen LogP contribution in [0.4, 0.5) is 11.5 Å². The normalized spacial score (nSPS) is 11.7. The summed E-state index contributed by atoms with van der Waals surface area (Å²) in [6.07, 6.45) is 2.61. The van der Waals surface area contributed by atoms with Crippen LogP contribution in [-0.4, -0.2) is 33.8 Å². The molecule has 6 rings (SSSR count). The minimum Gasteiger partial charge on any atom is -0.307 e. The number of nitro groups is 1. The van der Waals surface area contributed by atoms with Gasteiger partial charge in [-0.05, 0) is 41.5 Å². The summed E-state index contributed by atoms with van der Waals surface area (Å²) in [5.74, 6) is -0.635. The highest BCUT2D eigenvalue weighted by atomic mass is 32.2. The van der Waals surface area contributed by atoms with Crippen molar-refractivity contribution in [2.45, 2.75) is 16.3 Å². The van der Waals surface area contributed by atoms with Crippen LogP contribution in [0, 0.1) is 10.1 Å². The van der Waals surface area contributed by atoms with Crippen molar-refractivity contribution in [1.82, 2.24) is 14.5 Å². The number of rotatable bonds is 8. The van der Waals surface area contributed by atoms with Crippen molar-refractivity contribution in [2.24, 2.45) is 0 Å². The standard InChI is InChI=1S/C32H23N5O5S/c38-28(19-18-22-12-9-13-24(20-22)37(39)40)35-32-30(43(41,42)25-14-5-2-6-15-25)29-31(34-27-17-8-7-16-26(27)33-29)36(32)21-23-10-3-1-4-11-23/h1-20H,21H2,(H,35,38). The summed E-state index contributed by atoms with van der Waals surface area (Å²) in [4.78, 5) is 33.4. The second kappa shape index (κ2) is 11.3. The minimum atomic E-state index is -4.20. The van der Waals surface area contributed by atoms with Gasteiger partial charge in [-0.1, -0.05) is 72.8 Å². The molecule has 0 aliphatic carbocycles. The number of nitro benzene ring substituents is 1. The summed E-state index contributed by atoms with van der Waals surface area (Å²) in [5, 5.41) is 13.9. The fourth-order valence-electron chi connectivity index (χ4n) is 4.76. The lowest BCUT2D eigenvalue weighted by molar-refractivity contribution is -0.384. The number of hydrogen-bond donors (Lipinski definition) is 1. The second-order valence-corrected chi connectivity index (χ2v) is 11.5. The van der Waals surface area contributed by atoms with E-state index in [2.05, 4.69) is 5.32 Å². The molecule has 6 aromatic rings. The molecule has 43 heavy (non-hydrogen) atoms. The van der Waals surface area contributed by atoms with Crippen molar-refractivity contribution in [2.75, 3.05) is 5.32 Å². The van der Waals surface area contributed by atoms with Crippen molar-refractivity contribution in [3.63, 3.8) is 0 Å². The van der Waals surface area contributed by atoms with E-state index >= 15 is 0 Å². The third-order valence-electron chi connectivity index (χ3n) is 6.76. The van der Waals surface area contributed by atoms with Gasteiger partial charge < -0.3 is 9.88 Å². The van der Waals surface area contributed by atoms with E-state index in [4.69, 9.17) is 9.97 Å². The SMILES string of the molecule is O=C(C=Cc1cccc([N+](=O)[O-])c1)Nc1c(S(=O)(=O)c2ccccc2)c2nc3ccccc3nc2n1Cc1ccccc1. The maximum atomic E-state index is 14.2. The molecule has 10 nitrogen and oxygen atoms in total. The lowest BCUT2D eigenvalue weighted by Gasteiger charge is -2.13. The summed E-state index contributed by atoms with van der Waals surface area (Å²) in [7, 11) is -4.20. The maximum absolute atomic E-state index is 14.2. The number of benzene rings is 4. The van der Waals surface area contributed by atoms with Gasteiger partial charge in [0.25, 0.3) is 5.69 Å². The largest absolute Gasteiger partial charge is 0.307 e. The number of para-hydroxylation sites is 2. The molecule has 1 amide bonds. The van der Waals surface area contributed by atoms with E-state index in [9.17, 15) is 23.3 Å². The van der Waals surface area contributed by atoms with Crippen molar-refractivity contribution < 1.29 is 18.1 Å². The van der Waals surface area contributed by atoms with Crippen LogP contribution in [0.2, 0.25) is 0 Å². The van der Waals surface area contributed by atoms with Gasteiger partial charge in [0.2, 0.25) is 15.7 Å². The van der Waals surface area contributed by atoms with Crippen LogP contribution in [0.25, 0.3) is 28.3 Å². The molecule has 11 heteroatoms. The average molecular weight is 590 g/mol. The topological polar surface area (TPSA) is 137 Å². The van der Waals surface area contributed by atoms with Crippen LogP contribution >= 0.6 is 0 Å². The van der Waals surface area contributed by atoms with Gasteiger partial charge in [0, 0.05) is 18.2 Å².